The van der Waals surface area contributed by atoms with E-state index in [1.807, 2.05) is 0 Å². The van der Waals surface area contributed by atoms with Crippen LogP contribution in [0.25, 0.3) is 0 Å². The molecule has 2 rings (SSSR count). The van der Waals surface area contributed by atoms with Gasteiger partial charge in [-0.2, -0.15) is 0 Å². The molecule has 0 aromatic heterocycles. The molecule has 0 heterocycles. The largest absolute Gasteiger partial charge is 0.381 e. The molecule has 0 aliphatic rings. The molecule has 0 aliphatic carbocycles. The molecule has 0 aliphatic heterocycles. The Morgan fingerprint density at radius 3 is 1.14 bits per heavy atom. The van der Waals surface area contributed by atoms with Crippen molar-refractivity contribution in [2.24, 2.45) is 0 Å². The van der Waals surface area contributed by atoms with Gasteiger partial charge in [0.05, 0.1) is 0 Å². The van der Waals surface area contributed by atoms with E-state index in [9.17, 15) is 0 Å². The normalized spacial score (nSPS) is 11.0. The molecule has 2 aromatic carbocycles. The average molecular weight is 383 g/mol. The van der Waals surface area contributed by atoms with Gasteiger partial charge in [0.25, 0.3) is 0 Å². The molecule has 0 bridgehead atoms. The highest BCUT2D eigenvalue weighted by atomic mass is 16.5. The zero-order valence-electron chi connectivity index (χ0n) is 17.5. The summed E-state index contributed by atoms with van der Waals surface area (Å²) in [6, 6.07) is 21.4. The van der Waals surface area contributed by atoms with Gasteiger partial charge in [-0.15, -0.1) is 0 Å². The van der Waals surface area contributed by atoms with Gasteiger partial charge in [0, 0.05) is 26.4 Å². The molecule has 0 amide bonds. The molecule has 0 saturated heterocycles. The number of hydrogen-bond donors (Lipinski definition) is 0. The van der Waals surface area contributed by atoms with Crippen LogP contribution in [0.15, 0.2) is 60.7 Å². The second-order valence-electron chi connectivity index (χ2n) is 7.52. The van der Waals surface area contributed by atoms with E-state index in [0.717, 1.165) is 52.1 Å². The standard InChI is InChI=1S/C26H38O2/c1(11-21-27-23-13-9-19-25-15-5-3-6-16-25)2-12-22-28-24-14-10-20-26-17-7-4-8-18-26/h3-8,15-18H,1-2,9-14,19-24H2. The van der Waals surface area contributed by atoms with Crippen molar-refractivity contribution in [2.45, 2.75) is 64.2 Å². The first-order valence-electron chi connectivity index (χ1n) is 11.2. The first kappa shape index (κ1) is 22.6. The van der Waals surface area contributed by atoms with Crippen LogP contribution >= 0.6 is 0 Å². The molecule has 28 heavy (non-hydrogen) atoms. The van der Waals surface area contributed by atoms with E-state index in [1.165, 1.54) is 49.7 Å². The van der Waals surface area contributed by atoms with Gasteiger partial charge >= 0.3 is 0 Å². The zero-order chi connectivity index (χ0) is 19.5. The van der Waals surface area contributed by atoms with Gasteiger partial charge in [0.1, 0.15) is 0 Å². The summed E-state index contributed by atoms with van der Waals surface area (Å²) in [7, 11) is 0. The Bertz CT molecular complexity index is 514. The quantitative estimate of drug-likeness (QED) is 0.286. The lowest BCUT2D eigenvalue weighted by atomic mass is 10.1. The number of aryl methyl sites for hydroxylation is 2. The summed E-state index contributed by atoms with van der Waals surface area (Å²) in [6.07, 6.45) is 11.9. The minimum absolute atomic E-state index is 0.902. The second kappa shape index (κ2) is 16.3. The number of ether oxygens (including phenoxy) is 2. The van der Waals surface area contributed by atoms with Crippen LogP contribution in [0.5, 0.6) is 0 Å². The summed E-state index contributed by atoms with van der Waals surface area (Å²) < 4.78 is 11.5. The van der Waals surface area contributed by atoms with Crippen molar-refractivity contribution >= 4 is 0 Å². The van der Waals surface area contributed by atoms with Gasteiger partial charge < -0.3 is 9.47 Å². The van der Waals surface area contributed by atoms with Gasteiger partial charge in [-0.1, -0.05) is 73.5 Å². The summed E-state index contributed by atoms with van der Waals surface area (Å²) in [4.78, 5) is 0. The summed E-state index contributed by atoms with van der Waals surface area (Å²) in [5.74, 6) is 0. The minimum Gasteiger partial charge on any atom is -0.381 e. The van der Waals surface area contributed by atoms with Crippen molar-refractivity contribution in [1.29, 1.82) is 0 Å². The molecule has 0 spiro atoms. The molecule has 0 unspecified atom stereocenters. The van der Waals surface area contributed by atoms with Crippen molar-refractivity contribution in [3.63, 3.8) is 0 Å². The van der Waals surface area contributed by atoms with Gasteiger partial charge in [0.15, 0.2) is 0 Å². The predicted octanol–water partition coefficient (Wildman–Crippen LogP) is 6.63. The second-order valence-corrected chi connectivity index (χ2v) is 7.52. The van der Waals surface area contributed by atoms with Crippen LogP contribution in [0.1, 0.15) is 62.5 Å². The Balaban J connectivity index is 1.25. The van der Waals surface area contributed by atoms with E-state index in [-0.39, 0.29) is 0 Å². The fourth-order valence-corrected chi connectivity index (χ4v) is 3.32. The topological polar surface area (TPSA) is 18.5 Å². The van der Waals surface area contributed by atoms with E-state index < -0.39 is 0 Å². The van der Waals surface area contributed by atoms with Gasteiger partial charge in [-0.25, -0.2) is 0 Å². The van der Waals surface area contributed by atoms with E-state index in [1.54, 1.807) is 0 Å². The van der Waals surface area contributed by atoms with Crippen molar-refractivity contribution < 1.29 is 9.47 Å². The van der Waals surface area contributed by atoms with Crippen LogP contribution in [-0.2, 0) is 22.3 Å². The molecule has 0 radical (unpaired) electrons. The SMILES string of the molecule is c1ccc(CCCCOCCCCCCOCCCCc2ccccc2)cc1. The van der Waals surface area contributed by atoms with Crippen molar-refractivity contribution in [3.05, 3.63) is 71.8 Å². The maximum absolute atomic E-state index is 5.75. The Hall–Kier alpha value is -1.64. The number of rotatable bonds is 17. The Labute approximate surface area is 172 Å². The highest BCUT2D eigenvalue weighted by Crippen LogP contribution is 2.07. The Kier molecular flexibility index (Phi) is 13.2. The molecule has 2 aromatic rings. The maximum atomic E-state index is 5.75. The monoisotopic (exact) mass is 382 g/mol. The maximum Gasteiger partial charge on any atom is 0.0466 e. The third-order valence-corrected chi connectivity index (χ3v) is 5.02. The third-order valence-electron chi connectivity index (χ3n) is 5.02. The molecule has 2 heteroatoms. The molecular formula is C26H38O2. The van der Waals surface area contributed by atoms with Gasteiger partial charge in [-0.05, 0) is 62.5 Å². The van der Waals surface area contributed by atoms with Crippen molar-refractivity contribution in [1.82, 2.24) is 0 Å². The van der Waals surface area contributed by atoms with Crippen LogP contribution in [0, 0.1) is 0 Å². The molecule has 154 valence electrons. The lowest BCUT2D eigenvalue weighted by Gasteiger charge is -2.06. The van der Waals surface area contributed by atoms with Crippen LogP contribution in [-0.4, -0.2) is 26.4 Å². The Morgan fingerprint density at radius 1 is 0.393 bits per heavy atom. The smallest absolute Gasteiger partial charge is 0.0466 e. The van der Waals surface area contributed by atoms with Crippen LogP contribution in [0.2, 0.25) is 0 Å². The fourth-order valence-electron chi connectivity index (χ4n) is 3.32. The molecule has 0 fully saturated rings. The van der Waals surface area contributed by atoms with E-state index in [4.69, 9.17) is 9.47 Å². The predicted molar refractivity (Wildman–Crippen MR) is 119 cm³/mol. The van der Waals surface area contributed by atoms with Crippen molar-refractivity contribution in [2.75, 3.05) is 26.4 Å². The fraction of sp³-hybridized carbons (Fsp3) is 0.538. The molecule has 0 atom stereocenters. The lowest BCUT2D eigenvalue weighted by Crippen LogP contribution is -2.00. The third kappa shape index (κ3) is 11.9. The van der Waals surface area contributed by atoms with E-state index in [0.29, 0.717) is 0 Å². The number of unbranched alkanes of at least 4 members (excludes halogenated alkanes) is 5. The summed E-state index contributed by atoms with van der Waals surface area (Å²) in [5.41, 5.74) is 2.86. The van der Waals surface area contributed by atoms with Crippen LogP contribution in [0.4, 0.5) is 0 Å². The summed E-state index contributed by atoms with van der Waals surface area (Å²) in [5, 5.41) is 0. The first-order chi connectivity index (χ1) is 13.9. The summed E-state index contributed by atoms with van der Waals surface area (Å²) in [6.45, 7) is 3.62. The van der Waals surface area contributed by atoms with E-state index in [2.05, 4.69) is 60.7 Å². The summed E-state index contributed by atoms with van der Waals surface area (Å²) >= 11 is 0. The first-order valence-corrected chi connectivity index (χ1v) is 11.2. The van der Waals surface area contributed by atoms with Crippen LogP contribution < -0.4 is 0 Å². The zero-order valence-corrected chi connectivity index (χ0v) is 17.5. The molecule has 0 N–H and O–H groups in total. The Morgan fingerprint density at radius 2 is 0.750 bits per heavy atom. The van der Waals surface area contributed by atoms with Gasteiger partial charge in [-0.3, -0.25) is 0 Å². The molecule has 0 saturated carbocycles. The minimum atomic E-state index is 0.902. The van der Waals surface area contributed by atoms with E-state index >= 15 is 0 Å². The van der Waals surface area contributed by atoms with Crippen molar-refractivity contribution in [3.8, 4) is 0 Å². The average Bonchev–Trinajstić information content (AvgIpc) is 2.75. The highest BCUT2D eigenvalue weighted by Gasteiger charge is 1.96. The number of hydrogen-bond acceptors (Lipinski definition) is 2. The van der Waals surface area contributed by atoms with Crippen LogP contribution in [0.3, 0.4) is 0 Å². The molecule has 2 nitrogen and oxygen atoms in total. The highest BCUT2D eigenvalue weighted by molar-refractivity contribution is 5.15. The lowest BCUT2D eigenvalue weighted by molar-refractivity contribution is 0.118. The molecular weight excluding hydrogens is 344 g/mol. The number of benzene rings is 2. The van der Waals surface area contributed by atoms with Gasteiger partial charge in [0.2, 0.25) is 0 Å².